The van der Waals surface area contributed by atoms with Crippen LogP contribution in [0, 0.1) is 0 Å². The maximum atomic E-state index is 10.9. The van der Waals surface area contributed by atoms with Gasteiger partial charge in [0.05, 0.1) is 5.56 Å². The van der Waals surface area contributed by atoms with E-state index in [-0.39, 0.29) is 10.6 Å². The minimum Gasteiger partial charge on any atom is -0.478 e. The molecule has 0 aliphatic heterocycles. The molecule has 0 saturated carbocycles. The number of aromatic amines is 1. The van der Waals surface area contributed by atoms with Crippen molar-refractivity contribution < 1.29 is 18.3 Å². The fraction of sp³-hybridized carbons (Fsp3) is 0.167. The van der Waals surface area contributed by atoms with Gasteiger partial charge >= 0.3 is 5.97 Å². The van der Waals surface area contributed by atoms with Gasteiger partial charge in [0, 0.05) is 12.5 Å². The summed E-state index contributed by atoms with van der Waals surface area (Å²) in [5.41, 5.74) is -0.225. The number of aromatic nitrogens is 1. The Morgan fingerprint density at radius 3 is 2.50 bits per heavy atom. The van der Waals surface area contributed by atoms with Crippen molar-refractivity contribution in [2.24, 2.45) is 0 Å². The normalized spacial score (nSPS) is 11.4. The van der Waals surface area contributed by atoms with E-state index >= 15 is 0 Å². The summed E-state index contributed by atoms with van der Waals surface area (Å²) in [4.78, 5) is 12.8. The fourth-order valence-corrected chi connectivity index (χ4v) is 1.67. The second kappa shape index (κ2) is 2.63. The van der Waals surface area contributed by atoms with Crippen LogP contribution >= 0.6 is 0 Å². The van der Waals surface area contributed by atoms with Gasteiger partial charge in [-0.15, -0.1) is 0 Å². The Balaban J connectivity index is 3.36. The summed E-state index contributed by atoms with van der Waals surface area (Å²) in [5, 5.41) is 8.28. The molecule has 6 heteroatoms. The van der Waals surface area contributed by atoms with Gasteiger partial charge in [-0.25, -0.2) is 13.2 Å². The maximum Gasteiger partial charge on any atom is 0.338 e. The zero-order valence-electron chi connectivity index (χ0n) is 6.23. The standard InChI is InChI=1S/C6H7NO4S/c1-12(10,11)5-4(6(8)9)2-3-7-5/h2-3,7H,1H3,(H,8,9). The number of sulfone groups is 1. The second-order valence-electron chi connectivity index (χ2n) is 2.30. The van der Waals surface area contributed by atoms with Gasteiger partial charge in [0.2, 0.25) is 0 Å². The Hall–Kier alpha value is -1.30. The monoisotopic (exact) mass is 189 g/mol. The van der Waals surface area contributed by atoms with Crippen LogP contribution in [0.1, 0.15) is 10.4 Å². The number of aromatic carboxylic acids is 1. The highest BCUT2D eigenvalue weighted by Gasteiger charge is 2.18. The van der Waals surface area contributed by atoms with E-state index in [0.29, 0.717) is 0 Å². The maximum absolute atomic E-state index is 10.9. The van der Waals surface area contributed by atoms with Crippen molar-refractivity contribution in [3.63, 3.8) is 0 Å². The zero-order valence-corrected chi connectivity index (χ0v) is 7.05. The van der Waals surface area contributed by atoms with E-state index in [9.17, 15) is 13.2 Å². The predicted octanol–water partition coefficient (Wildman–Crippen LogP) is 0.116. The average Bonchev–Trinajstić information content (AvgIpc) is 2.30. The van der Waals surface area contributed by atoms with Crippen LogP contribution in [0.4, 0.5) is 0 Å². The van der Waals surface area contributed by atoms with E-state index < -0.39 is 15.8 Å². The lowest BCUT2D eigenvalue weighted by atomic mass is 10.3. The first kappa shape index (κ1) is 8.79. The minimum absolute atomic E-state index is 0.225. The lowest BCUT2D eigenvalue weighted by Crippen LogP contribution is -2.05. The third kappa shape index (κ3) is 1.48. The van der Waals surface area contributed by atoms with E-state index in [0.717, 1.165) is 6.26 Å². The molecule has 12 heavy (non-hydrogen) atoms. The molecule has 0 aromatic carbocycles. The van der Waals surface area contributed by atoms with Crippen LogP contribution < -0.4 is 0 Å². The summed E-state index contributed by atoms with van der Waals surface area (Å²) in [6, 6.07) is 1.21. The number of rotatable bonds is 2. The first-order valence-electron chi connectivity index (χ1n) is 3.03. The van der Waals surface area contributed by atoms with Crippen molar-refractivity contribution in [2.45, 2.75) is 5.03 Å². The molecule has 0 radical (unpaired) electrons. The largest absolute Gasteiger partial charge is 0.478 e. The molecule has 1 aromatic heterocycles. The van der Waals surface area contributed by atoms with Gasteiger partial charge in [-0.05, 0) is 6.07 Å². The molecule has 0 saturated heterocycles. The first-order valence-corrected chi connectivity index (χ1v) is 4.93. The summed E-state index contributed by atoms with van der Waals surface area (Å²) < 4.78 is 21.8. The average molecular weight is 189 g/mol. The summed E-state index contributed by atoms with van der Waals surface area (Å²) in [6.45, 7) is 0. The number of H-pyrrole nitrogens is 1. The number of hydrogen-bond acceptors (Lipinski definition) is 3. The lowest BCUT2D eigenvalue weighted by molar-refractivity contribution is 0.0693. The number of carbonyl (C=O) groups is 1. The molecule has 2 N–H and O–H groups in total. The Labute approximate surface area is 69.0 Å². The van der Waals surface area contributed by atoms with E-state index in [1.54, 1.807) is 0 Å². The molecule has 0 aliphatic carbocycles. The molecule has 0 fully saturated rings. The van der Waals surface area contributed by atoms with E-state index in [4.69, 9.17) is 5.11 Å². The minimum atomic E-state index is -3.47. The lowest BCUT2D eigenvalue weighted by Gasteiger charge is -1.95. The van der Waals surface area contributed by atoms with Crippen molar-refractivity contribution in [1.82, 2.24) is 4.98 Å². The smallest absolute Gasteiger partial charge is 0.338 e. The van der Waals surface area contributed by atoms with Gasteiger partial charge in [-0.2, -0.15) is 0 Å². The Morgan fingerprint density at radius 1 is 1.58 bits per heavy atom. The molecular weight excluding hydrogens is 182 g/mol. The Kier molecular flexibility index (Phi) is 1.93. The number of carboxylic acid groups (broad SMARTS) is 1. The molecule has 0 unspecified atom stereocenters. The van der Waals surface area contributed by atoms with Crippen LogP contribution in [-0.2, 0) is 9.84 Å². The molecular formula is C6H7NO4S. The van der Waals surface area contributed by atoms with E-state index in [1.807, 2.05) is 0 Å². The van der Waals surface area contributed by atoms with Crippen LogP contribution in [0.5, 0.6) is 0 Å². The van der Waals surface area contributed by atoms with Gasteiger partial charge in [0.25, 0.3) is 0 Å². The highest BCUT2D eigenvalue weighted by molar-refractivity contribution is 7.90. The van der Waals surface area contributed by atoms with Gasteiger partial charge in [-0.3, -0.25) is 0 Å². The molecule has 0 spiro atoms. The van der Waals surface area contributed by atoms with Crippen molar-refractivity contribution in [1.29, 1.82) is 0 Å². The SMILES string of the molecule is CS(=O)(=O)c1[nH]ccc1C(=O)O. The molecule has 1 aromatic rings. The van der Waals surface area contributed by atoms with Crippen LogP contribution in [0.2, 0.25) is 0 Å². The first-order chi connectivity index (χ1) is 5.43. The molecule has 1 rings (SSSR count). The van der Waals surface area contributed by atoms with Crippen molar-refractivity contribution in [2.75, 3.05) is 6.26 Å². The highest BCUT2D eigenvalue weighted by atomic mass is 32.2. The molecule has 66 valence electrons. The van der Waals surface area contributed by atoms with Crippen molar-refractivity contribution in [3.05, 3.63) is 17.8 Å². The Morgan fingerprint density at radius 2 is 2.17 bits per heavy atom. The van der Waals surface area contributed by atoms with Crippen molar-refractivity contribution in [3.8, 4) is 0 Å². The third-order valence-electron chi connectivity index (χ3n) is 1.31. The number of carboxylic acids is 1. The predicted molar refractivity (Wildman–Crippen MR) is 40.9 cm³/mol. The third-order valence-corrected chi connectivity index (χ3v) is 2.39. The molecule has 0 aliphatic rings. The summed E-state index contributed by atoms with van der Waals surface area (Å²) in [7, 11) is -3.47. The van der Waals surface area contributed by atoms with E-state index in [2.05, 4.69) is 4.98 Å². The molecule has 0 amide bonds. The molecule has 0 bridgehead atoms. The zero-order chi connectivity index (χ0) is 9.35. The molecule has 0 atom stereocenters. The fourth-order valence-electron chi connectivity index (χ4n) is 0.829. The second-order valence-corrected chi connectivity index (χ2v) is 4.25. The van der Waals surface area contributed by atoms with Gasteiger partial charge in [0.1, 0.15) is 5.03 Å². The van der Waals surface area contributed by atoms with Crippen LogP contribution in [0.25, 0.3) is 0 Å². The number of nitrogens with one attached hydrogen (secondary N) is 1. The van der Waals surface area contributed by atoms with E-state index in [1.165, 1.54) is 12.3 Å². The van der Waals surface area contributed by atoms with Crippen LogP contribution in [-0.4, -0.2) is 30.7 Å². The van der Waals surface area contributed by atoms with Gasteiger partial charge < -0.3 is 10.1 Å². The summed E-state index contributed by atoms with van der Waals surface area (Å²) >= 11 is 0. The van der Waals surface area contributed by atoms with Crippen LogP contribution in [0.15, 0.2) is 17.3 Å². The molecule has 5 nitrogen and oxygen atoms in total. The van der Waals surface area contributed by atoms with Crippen LogP contribution in [0.3, 0.4) is 0 Å². The highest BCUT2D eigenvalue weighted by Crippen LogP contribution is 2.12. The Bertz CT molecular complexity index is 403. The topological polar surface area (TPSA) is 87.2 Å². The molecule has 1 heterocycles. The van der Waals surface area contributed by atoms with Gasteiger partial charge in [0.15, 0.2) is 9.84 Å². The summed E-state index contributed by atoms with van der Waals surface area (Å²) in [6.07, 6.45) is 2.23. The summed E-state index contributed by atoms with van der Waals surface area (Å²) in [5.74, 6) is -1.25. The van der Waals surface area contributed by atoms with Crippen molar-refractivity contribution >= 4 is 15.8 Å². The van der Waals surface area contributed by atoms with Gasteiger partial charge in [-0.1, -0.05) is 0 Å². The quantitative estimate of drug-likeness (QED) is 0.691. The number of hydrogen-bond donors (Lipinski definition) is 2.